The number of nitrogens with one attached hydrogen (secondary N) is 1. The van der Waals surface area contributed by atoms with E-state index in [4.69, 9.17) is 14.5 Å². The monoisotopic (exact) mass is 412 g/mol. The van der Waals surface area contributed by atoms with Gasteiger partial charge in [0.1, 0.15) is 11.5 Å². The fourth-order valence-electron chi connectivity index (χ4n) is 3.50. The van der Waals surface area contributed by atoms with E-state index in [1.54, 1.807) is 32.4 Å². The third kappa shape index (κ3) is 4.08. The van der Waals surface area contributed by atoms with Crippen LogP contribution in [0.3, 0.4) is 0 Å². The molecule has 0 aliphatic heterocycles. The first-order valence-corrected chi connectivity index (χ1v) is 10.0. The van der Waals surface area contributed by atoms with Crippen LogP contribution in [0, 0.1) is 13.8 Å². The lowest BCUT2D eigenvalue weighted by atomic mass is 10.0. The van der Waals surface area contributed by atoms with Gasteiger partial charge in [-0.05, 0) is 55.3 Å². The minimum atomic E-state index is -0.229. The Balaban J connectivity index is 1.79. The standard InChI is InChI=1S/C26H24N2O3/c1-16-9-10-18(13-17(16)2)24-15-21(20-7-5-6-8-22(20)27-24)26(29)28-23-12-11-19(30-3)14-25(23)31-4/h5-15H,1-4H3,(H,28,29). The number of ether oxygens (including phenoxy) is 2. The Morgan fingerprint density at radius 2 is 1.68 bits per heavy atom. The van der Waals surface area contributed by atoms with E-state index in [0.717, 1.165) is 22.2 Å². The smallest absolute Gasteiger partial charge is 0.256 e. The number of methoxy groups -OCH3 is 2. The zero-order valence-corrected chi connectivity index (χ0v) is 18.0. The van der Waals surface area contributed by atoms with Gasteiger partial charge < -0.3 is 14.8 Å². The largest absolute Gasteiger partial charge is 0.497 e. The summed E-state index contributed by atoms with van der Waals surface area (Å²) in [5, 5.41) is 3.76. The third-order valence-electron chi connectivity index (χ3n) is 5.42. The molecule has 4 aromatic rings. The van der Waals surface area contributed by atoms with Gasteiger partial charge in [-0.15, -0.1) is 0 Å². The Kier molecular flexibility index (Phi) is 5.58. The Morgan fingerprint density at radius 3 is 2.42 bits per heavy atom. The van der Waals surface area contributed by atoms with Crippen molar-refractivity contribution in [1.82, 2.24) is 4.98 Å². The number of hydrogen-bond acceptors (Lipinski definition) is 4. The number of pyridine rings is 1. The number of benzene rings is 3. The summed E-state index contributed by atoms with van der Waals surface area (Å²) in [6.45, 7) is 4.15. The summed E-state index contributed by atoms with van der Waals surface area (Å²) in [7, 11) is 3.15. The first kappa shape index (κ1) is 20.4. The fraction of sp³-hybridized carbons (Fsp3) is 0.154. The van der Waals surface area contributed by atoms with Gasteiger partial charge >= 0.3 is 0 Å². The molecule has 0 atom stereocenters. The summed E-state index contributed by atoms with van der Waals surface area (Å²) in [6, 6.07) is 21.0. The topological polar surface area (TPSA) is 60.5 Å². The van der Waals surface area contributed by atoms with E-state index < -0.39 is 0 Å². The number of fused-ring (bicyclic) bond motifs is 1. The maximum Gasteiger partial charge on any atom is 0.256 e. The molecule has 1 N–H and O–H groups in total. The van der Waals surface area contributed by atoms with Gasteiger partial charge in [0.2, 0.25) is 0 Å². The number of carbonyl (C=O) groups excluding carboxylic acids is 1. The molecular formula is C26H24N2O3. The molecule has 1 heterocycles. The van der Waals surface area contributed by atoms with Gasteiger partial charge in [-0.1, -0.05) is 30.3 Å². The number of anilines is 1. The summed E-state index contributed by atoms with van der Waals surface area (Å²) in [5.74, 6) is 0.953. The van der Waals surface area contributed by atoms with Crippen molar-refractivity contribution in [3.05, 3.63) is 83.4 Å². The molecule has 1 amide bonds. The normalized spacial score (nSPS) is 10.7. The van der Waals surface area contributed by atoms with Gasteiger partial charge in [0.25, 0.3) is 5.91 Å². The number of para-hydroxylation sites is 1. The number of amides is 1. The van der Waals surface area contributed by atoms with Gasteiger partial charge in [-0.3, -0.25) is 4.79 Å². The Hall–Kier alpha value is -3.86. The van der Waals surface area contributed by atoms with Crippen LogP contribution in [0.5, 0.6) is 11.5 Å². The highest BCUT2D eigenvalue weighted by Crippen LogP contribution is 2.31. The summed E-state index contributed by atoms with van der Waals surface area (Å²) >= 11 is 0. The Morgan fingerprint density at radius 1 is 0.871 bits per heavy atom. The Bertz CT molecular complexity index is 1280. The summed E-state index contributed by atoms with van der Waals surface area (Å²) in [5.41, 5.74) is 6.03. The second kappa shape index (κ2) is 8.48. The lowest BCUT2D eigenvalue weighted by Gasteiger charge is -2.14. The highest BCUT2D eigenvalue weighted by atomic mass is 16.5. The molecule has 0 unspecified atom stereocenters. The quantitative estimate of drug-likeness (QED) is 0.451. The maximum absolute atomic E-state index is 13.3. The van der Waals surface area contributed by atoms with Gasteiger partial charge in [0.15, 0.2) is 0 Å². The number of aryl methyl sites for hydroxylation is 2. The molecule has 0 saturated heterocycles. The summed E-state index contributed by atoms with van der Waals surface area (Å²) < 4.78 is 10.7. The highest BCUT2D eigenvalue weighted by molar-refractivity contribution is 6.13. The fourth-order valence-corrected chi connectivity index (χ4v) is 3.50. The molecule has 1 aromatic heterocycles. The van der Waals surface area contributed by atoms with E-state index in [2.05, 4.69) is 31.3 Å². The van der Waals surface area contributed by atoms with Crippen molar-refractivity contribution >= 4 is 22.5 Å². The molecule has 0 saturated carbocycles. The van der Waals surface area contributed by atoms with E-state index in [0.29, 0.717) is 22.7 Å². The van der Waals surface area contributed by atoms with Crippen LogP contribution in [0.2, 0.25) is 0 Å². The minimum absolute atomic E-state index is 0.229. The maximum atomic E-state index is 13.3. The molecule has 0 fully saturated rings. The molecule has 31 heavy (non-hydrogen) atoms. The molecule has 3 aromatic carbocycles. The second-order valence-corrected chi connectivity index (χ2v) is 7.39. The van der Waals surface area contributed by atoms with Crippen molar-refractivity contribution in [2.75, 3.05) is 19.5 Å². The van der Waals surface area contributed by atoms with Crippen LogP contribution < -0.4 is 14.8 Å². The summed E-state index contributed by atoms with van der Waals surface area (Å²) in [4.78, 5) is 18.1. The summed E-state index contributed by atoms with van der Waals surface area (Å²) in [6.07, 6.45) is 0. The number of nitrogens with zero attached hydrogens (tertiary/aromatic N) is 1. The number of aromatic nitrogens is 1. The Labute approximate surface area is 181 Å². The van der Waals surface area contributed by atoms with Gasteiger partial charge in [-0.2, -0.15) is 0 Å². The van der Waals surface area contributed by atoms with Gasteiger partial charge in [0.05, 0.1) is 36.7 Å². The van der Waals surface area contributed by atoms with Crippen LogP contribution >= 0.6 is 0 Å². The molecule has 0 aliphatic rings. The average molecular weight is 412 g/mol. The van der Waals surface area contributed by atoms with E-state index in [1.807, 2.05) is 36.4 Å². The second-order valence-electron chi connectivity index (χ2n) is 7.39. The average Bonchev–Trinajstić information content (AvgIpc) is 2.80. The lowest BCUT2D eigenvalue weighted by molar-refractivity contribution is 0.102. The molecule has 5 heteroatoms. The molecule has 0 aliphatic carbocycles. The third-order valence-corrected chi connectivity index (χ3v) is 5.42. The van der Waals surface area contributed by atoms with Crippen LogP contribution in [0.25, 0.3) is 22.2 Å². The van der Waals surface area contributed by atoms with Gasteiger partial charge in [0, 0.05) is 17.0 Å². The van der Waals surface area contributed by atoms with Crippen LogP contribution in [-0.4, -0.2) is 25.1 Å². The van der Waals surface area contributed by atoms with Crippen molar-refractivity contribution in [3.8, 4) is 22.8 Å². The minimum Gasteiger partial charge on any atom is -0.497 e. The molecule has 4 rings (SSSR count). The van der Waals surface area contributed by atoms with Crippen molar-refractivity contribution in [2.24, 2.45) is 0 Å². The molecule has 156 valence electrons. The van der Waals surface area contributed by atoms with Crippen LogP contribution in [0.15, 0.2) is 66.7 Å². The zero-order chi connectivity index (χ0) is 22.0. The van der Waals surface area contributed by atoms with Crippen LogP contribution in [0.4, 0.5) is 5.69 Å². The number of carbonyl (C=O) groups is 1. The van der Waals surface area contributed by atoms with Crippen LogP contribution in [-0.2, 0) is 0 Å². The van der Waals surface area contributed by atoms with E-state index in [9.17, 15) is 4.79 Å². The number of rotatable bonds is 5. The predicted molar refractivity (Wildman–Crippen MR) is 124 cm³/mol. The predicted octanol–water partition coefficient (Wildman–Crippen LogP) is 5.79. The highest BCUT2D eigenvalue weighted by Gasteiger charge is 2.16. The first-order valence-electron chi connectivity index (χ1n) is 10.0. The van der Waals surface area contributed by atoms with Crippen molar-refractivity contribution in [2.45, 2.75) is 13.8 Å². The lowest BCUT2D eigenvalue weighted by Crippen LogP contribution is -2.14. The van der Waals surface area contributed by atoms with Gasteiger partial charge in [-0.25, -0.2) is 4.98 Å². The molecule has 0 spiro atoms. The van der Waals surface area contributed by atoms with Crippen molar-refractivity contribution in [1.29, 1.82) is 0 Å². The van der Waals surface area contributed by atoms with Crippen molar-refractivity contribution in [3.63, 3.8) is 0 Å². The number of hydrogen-bond donors (Lipinski definition) is 1. The first-order chi connectivity index (χ1) is 15.0. The van der Waals surface area contributed by atoms with Crippen molar-refractivity contribution < 1.29 is 14.3 Å². The molecular weight excluding hydrogens is 388 g/mol. The molecule has 5 nitrogen and oxygen atoms in total. The van der Waals surface area contributed by atoms with Crippen LogP contribution in [0.1, 0.15) is 21.5 Å². The zero-order valence-electron chi connectivity index (χ0n) is 18.0. The van der Waals surface area contributed by atoms with E-state index in [-0.39, 0.29) is 5.91 Å². The molecule has 0 radical (unpaired) electrons. The SMILES string of the molecule is COc1ccc(NC(=O)c2cc(-c3ccc(C)c(C)c3)nc3ccccc23)c(OC)c1. The van der Waals surface area contributed by atoms with E-state index >= 15 is 0 Å². The van der Waals surface area contributed by atoms with E-state index in [1.165, 1.54) is 11.1 Å². The molecule has 0 bridgehead atoms.